The lowest BCUT2D eigenvalue weighted by atomic mass is 9.97. The molecule has 0 amide bonds. The minimum absolute atomic E-state index is 0.656. The van der Waals surface area contributed by atoms with Gasteiger partial charge in [0.05, 0.1) is 14.5 Å². The van der Waals surface area contributed by atoms with Gasteiger partial charge in [0.2, 0.25) is 5.95 Å². The van der Waals surface area contributed by atoms with Crippen LogP contribution in [-0.2, 0) is 0 Å². The number of aromatic nitrogens is 3. The summed E-state index contributed by atoms with van der Waals surface area (Å²) < 4.78 is 3.90. The van der Waals surface area contributed by atoms with E-state index in [4.69, 9.17) is 4.98 Å². The van der Waals surface area contributed by atoms with Crippen LogP contribution in [0.2, 0.25) is 0 Å². The number of anilines is 2. The number of rotatable bonds is 4. The van der Waals surface area contributed by atoms with Crippen molar-refractivity contribution in [3.8, 4) is 0 Å². The van der Waals surface area contributed by atoms with Crippen molar-refractivity contribution in [3.63, 3.8) is 0 Å². The van der Waals surface area contributed by atoms with Crippen molar-refractivity contribution in [3.05, 3.63) is 42.3 Å². The summed E-state index contributed by atoms with van der Waals surface area (Å²) in [7, 11) is 0. The number of hydrogen-bond acceptors (Lipinski definition) is 5. The van der Waals surface area contributed by atoms with Crippen LogP contribution in [0.1, 0.15) is 12.8 Å². The molecule has 0 saturated carbocycles. The number of piperidine rings is 1. The summed E-state index contributed by atoms with van der Waals surface area (Å²) >= 11 is 14.7. The lowest BCUT2D eigenvalue weighted by molar-refractivity contribution is 0.205. The molecule has 10 heteroatoms. The summed E-state index contributed by atoms with van der Waals surface area (Å²) in [6.07, 6.45) is 4.36. The smallest absolute Gasteiger partial charge is 0.203 e. The van der Waals surface area contributed by atoms with E-state index in [1.54, 1.807) is 0 Å². The third-order valence-corrected chi connectivity index (χ3v) is 11.1. The number of fused-ring (bicyclic) bond motifs is 1. The molecule has 5 rings (SSSR count). The molecule has 2 aliphatic rings. The molecule has 1 aromatic carbocycles. The summed E-state index contributed by atoms with van der Waals surface area (Å²) in [5, 5.41) is 0. The van der Waals surface area contributed by atoms with Gasteiger partial charge in [-0.05, 0) is 94.6 Å². The zero-order chi connectivity index (χ0) is 22.2. The largest absolute Gasteiger partial charge is 0.354 e. The summed E-state index contributed by atoms with van der Waals surface area (Å²) in [5.74, 6) is 2.70. The highest BCUT2D eigenvalue weighted by molar-refractivity contribution is 9.15. The van der Waals surface area contributed by atoms with Crippen LogP contribution < -0.4 is 9.80 Å². The van der Waals surface area contributed by atoms with Crippen molar-refractivity contribution in [2.75, 3.05) is 55.6 Å². The molecule has 1 unspecified atom stereocenters. The van der Waals surface area contributed by atoms with E-state index in [1.165, 1.54) is 12.8 Å². The minimum atomic E-state index is 0.656. The first-order valence-electron chi connectivity index (χ1n) is 10.9. The van der Waals surface area contributed by atoms with Crippen molar-refractivity contribution >= 4 is 86.5 Å². The monoisotopic (exact) mass is 688 g/mol. The standard InChI is InChI=1S/C22H24Br4N6/c23-16-17(24)19(26)21-20(18(16)25)28-22(29-21)32-7-3-4-14(13-32)12-30-8-10-31(11-9-30)15-5-1-2-6-27-15/h1-2,5-6,14H,3-4,7-13H2,(H,28,29). The van der Waals surface area contributed by atoms with Crippen LogP contribution in [0.4, 0.5) is 11.8 Å². The number of pyridine rings is 1. The van der Waals surface area contributed by atoms with Gasteiger partial charge in [0, 0.05) is 61.0 Å². The first kappa shape index (κ1) is 23.1. The first-order valence-corrected chi connectivity index (χ1v) is 14.0. The Bertz CT molecular complexity index is 1050. The van der Waals surface area contributed by atoms with Gasteiger partial charge < -0.3 is 14.8 Å². The minimum Gasteiger partial charge on any atom is -0.354 e. The van der Waals surface area contributed by atoms with Crippen molar-refractivity contribution in [2.24, 2.45) is 5.92 Å². The molecule has 0 aliphatic carbocycles. The second-order valence-corrected chi connectivity index (χ2v) is 11.6. The lowest BCUT2D eigenvalue weighted by Gasteiger charge is -2.39. The van der Waals surface area contributed by atoms with Gasteiger partial charge in [-0.3, -0.25) is 4.90 Å². The second-order valence-electron chi connectivity index (χ2n) is 8.47. The van der Waals surface area contributed by atoms with Crippen LogP contribution in [0.25, 0.3) is 11.0 Å². The average molecular weight is 692 g/mol. The maximum Gasteiger partial charge on any atom is 0.203 e. The van der Waals surface area contributed by atoms with Gasteiger partial charge in [0.25, 0.3) is 0 Å². The molecule has 2 aliphatic heterocycles. The molecule has 3 aromatic rings. The highest BCUT2D eigenvalue weighted by Crippen LogP contribution is 2.43. The Labute approximate surface area is 221 Å². The van der Waals surface area contributed by atoms with E-state index in [9.17, 15) is 0 Å². The number of H-pyrrole nitrogens is 1. The molecule has 2 saturated heterocycles. The van der Waals surface area contributed by atoms with Crippen LogP contribution in [0.3, 0.4) is 0 Å². The molecule has 1 atom stereocenters. The molecule has 4 heterocycles. The SMILES string of the molecule is Brc1c(Br)c(Br)c2[nH]c(N3CCCC(CN4CCN(c5ccccn5)CC4)C3)nc2c1Br. The predicted octanol–water partition coefficient (Wildman–Crippen LogP) is 6.05. The molecule has 0 bridgehead atoms. The first-order chi connectivity index (χ1) is 15.5. The van der Waals surface area contributed by atoms with Gasteiger partial charge in [0.15, 0.2) is 0 Å². The Balaban J connectivity index is 1.24. The van der Waals surface area contributed by atoms with E-state index in [0.29, 0.717) is 5.92 Å². The van der Waals surface area contributed by atoms with Gasteiger partial charge in [-0.2, -0.15) is 0 Å². The molecule has 0 radical (unpaired) electrons. The number of aromatic amines is 1. The number of halogens is 4. The maximum atomic E-state index is 4.94. The van der Waals surface area contributed by atoms with E-state index in [-0.39, 0.29) is 0 Å². The van der Waals surface area contributed by atoms with E-state index in [2.05, 4.69) is 101 Å². The molecule has 6 nitrogen and oxygen atoms in total. The van der Waals surface area contributed by atoms with E-state index < -0.39 is 0 Å². The fourth-order valence-electron chi connectivity index (χ4n) is 4.71. The molecule has 2 aromatic heterocycles. The van der Waals surface area contributed by atoms with Crippen molar-refractivity contribution < 1.29 is 0 Å². The summed E-state index contributed by atoms with van der Waals surface area (Å²) in [6, 6.07) is 6.15. The Morgan fingerprint density at radius 2 is 1.69 bits per heavy atom. The molecular weight excluding hydrogens is 668 g/mol. The molecule has 32 heavy (non-hydrogen) atoms. The Hall–Kier alpha value is -0.680. The van der Waals surface area contributed by atoms with Crippen molar-refractivity contribution in [1.82, 2.24) is 19.9 Å². The van der Waals surface area contributed by atoms with Crippen LogP contribution in [0, 0.1) is 5.92 Å². The third-order valence-electron chi connectivity index (χ3n) is 6.38. The van der Waals surface area contributed by atoms with E-state index in [0.717, 1.165) is 86.5 Å². The quantitative estimate of drug-likeness (QED) is 0.267. The van der Waals surface area contributed by atoms with E-state index in [1.807, 2.05) is 12.3 Å². The molecule has 1 N–H and O–H groups in total. The summed E-state index contributed by atoms with van der Waals surface area (Å²) in [4.78, 5) is 20.4. The maximum absolute atomic E-state index is 4.94. The van der Waals surface area contributed by atoms with Crippen LogP contribution in [0.5, 0.6) is 0 Å². The topological polar surface area (TPSA) is 51.3 Å². The molecule has 2 fully saturated rings. The number of nitrogens with zero attached hydrogens (tertiary/aromatic N) is 5. The highest BCUT2D eigenvalue weighted by Gasteiger charge is 2.27. The van der Waals surface area contributed by atoms with Gasteiger partial charge in [-0.15, -0.1) is 0 Å². The fraction of sp³-hybridized carbons (Fsp3) is 0.455. The number of piperazine rings is 1. The Morgan fingerprint density at radius 1 is 0.906 bits per heavy atom. The zero-order valence-corrected chi connectivity index (χ0v) is 23.8. The van der Waals surface area contributed by atoms with Gasteiger partial charge in [-0.1, -0.05) is 6.07 Å². The third kappa shape index (κ3) is 4.62. The predicted molar refractivity (Wildman–Crippen MR) is 145 cm³/mol. The lowest BCUT2D eigenvalue weighted by Crippen LogP contribution is -2.50. The van der Waals surface area contributed by atoms with Crippen molar-refractivity contribution in [2.45, 2.75) is 12.8 Å². The van der Waals surface area contributed by atoms with Gasteiger partial charge >= 0.3 is 0 Å². The average Bonchev–Trinajstić information content (AvgIpc) is 3.29. The normalized spacial score (nSPS) is 20.3. The van der Waals surface area contributed by atoms with Crippen LogP contribution in [0.15, 0.2) is 42.3 Å². The fourth-order valence-corrected chi connectivity index (χ4v) is 6.99. The van der Waals surface area contributed by atoms with Gasteiger partial charge in [-0.25, -0.2) is 9.97 Å². The zero-order valence-electron chi connectivity index (χ0n) is 17.5. The molecule has 0 spiro atoms. The van der Waals surface area contributed by atoms with Crippen LogP contribution in [-0.4, -0.2) is 65.7 Å². The van der Waals surface area contributed by atoms with Crippen LogP contribution >= 0.6 is 63.7 Å². The van der Waals surface area contributed by atoms with Gasteiger partial charge in [0.1, 0.15) is 11.3 Å². The number of benzene rings is 1. The molecule has 170 valence electrons. The second kappa shape index (κ2) is 9.90. The highest BCUT2D eigenvalue weighted by atomic mass is 79.9. The molecular formula is C22H24Br4N6. The number of hydrogen-bond donors (Lipinski definition) is 1. The summed E-state index contributed by atoms with van der Waals surface area (Å²) in [5.41, 5.74) is 1.95. The Morgan fingerprint density at radius 3 is 2.44 bits per heavy atom. The van der Waals surface area contributed by atoms with E-state index >= 15 is 0 Å². The summed E-state index contributed by atoms with van der Waals surface area (Å²) in [6.45, 7) is 7.52. The Kier molecular flexibility index (Phi) is 7.14. The van der Waals surface area contributed by atoms with Crippen molar-refractivity contribution in [1.29, 1.82) is 0 Å². The number of imidazole rings is 1. The number of nitrogens with one attached hydrogen (secondary N) is 1.